The third kappa shape index (κ3) is 4.91. The number of hydrogen-bond acceptors (Lipinski definition) is 7. The number of nitrogens with one attached hydrogen (secondary N) is 1. The fraction of sp³-hybridized carbons (Fsp3) is 0.138. The highest BCUT2D eigenvalue weighted by molar-refractivity contribution is 8.16. The zero-order valence-electron chi connectivity index (χ0n) is 21.7. The van der Waals surface area contributed by atoms with Crippen LogP contribution in [0.5, 0.6) is 5.75 Å². The Bertz CT molecular complexity index is 1850. The molecule has 0 spiro atoms. The minimum atomic E-state index is -4.81. The van der Waals surface area contributed by atoms with E-state index >= 15 is 0 Å². The highest BCUT2D eigenvalue weighted by Crippen LogP contribution is 2.42. The number of benzene rings is 3. The number of carbonyl (C=O) groups excluding carboxylic acids is 1. The number of halogens is 3. The lowest BCUT2D eigenvalue weighted by Crippen LogP contribution is -2.25. The van der Waals surface area contributed by atoms with Crippen LogP contribution in [0.4, 0.5) is 13.2 Å². The van der Waals surface area contributed by atoms with Crippen LogP contribution in [0.3, 0.4) is 0 Å². The Balaban J connectivity index is 1.48. The van der Waals surface area contributed by atoms with Gasteiger partial charge in [-0.05, 0) is 79.1 Å². The summed E-state index contributed by atoms with van der Waals surface area (Å²) in [6, 6.07) is 18.6. The highest BCUT2D eigenvalue weighted by atomic mass is 32.2. The normalized spacial score (nSPS) is 16.0. The van der Waals surface area contributed by atoms with Gasteiger partial charge in [0.05, 0.1) is 22.8 Å². The Labute approximate surface area is 236 Å². The first-order valence-electron chi connectivity index (χ1n) is 12.4. The van der Waals surface area contributed by atoms with Gasteiger partial charge in [0, 0.05) is 17.3 Å². The van der Waals surface area contributed by atoms with Gasteiger partial charge in [0.2, 0.25) is 0 Å². The number of rotatable bonds is 5. The average molecular weight is 575 g/mol. The van der Waals surface area contributed by atoms with Crippen LogP contribution in [-0.2, 0) is 4.79 Å². The van der Waals surface area contributed by atoms with Crippen LogP contribution in [0.2, 0.25) is 0 Å². The number of alkyl halides is 3. The van der Waals surface area contributed by atoms with Crippen LogP contribution in [0, 0.1) is 19.3 Å². The van der Waals surface area contributed by atoms with E-state index in [0.717, 1.165) is 39.4 Å². The monoisotopic (exact) mass is 574 g/mol. The summed E-state index contributed by atoms with van der Waals surface area (Å²) in [5.41, 5.74) is 5.34. The second-order valence-electron chi connectivity index (χ2n) is 9.35. The second kappa shape index (κ2) is 10.0. The van der Waals surface area contributed by atoms with E-state index in [-0.39, 0.29) is 10.8 Å². The van der Waals surface area contributed by atoms with Crippen LogP contribution in [0.15, 0.2) is 78.0 Å². The molecule has 0 saturated carbocycles. The zero-order valence-corrected chi connectivity index (χ0v) is 22.5. The quantitative estimate of drug-likeness (QED) is 0.237. The minimum absolute atomic E-state index is 0.124. The van der Waals surface area contributed by atoms with E-state index in [1.165, 1.54) is 35.5 Å². The van der Waals surface area contributed by atoms with Crippen molar-refractivity contribution in [3.05, 3.63) is 95.4 Å². The van der Waals surface area contributed by atoms with E-state index < -0.39 is 17.6 Å². The van der Waals surface area contributed by atoms with Crippen LogP contribution in [0.25, 0.3) is 27.6 Å². The molecule has 2 aromatic heterocycles. The molecule has 1 aliphatic rings. The van der Waals surface area contributed by atoms with Crippen LogP contribution >= 0.6 is 11.8 Å². The predicted octanol–water partition coefficient (Wildman–Crippen LogP) is 6.67. The maximum Gasteiger partial charge on any atom is 0.573 e. The number of aromatic nitrogens is 3. The largest absolute Gasteiger partial charge is 0.573 e. The molecule has 0 radical (unpaired) electrons. The lowest BCUT2D eigenvalue weighted by Gasteiger charge is -2.21. The SMILES string of the molecule is Cc1cccc(C)c1C1SC(=N)C(=O)N1/N=C/c1nc2c3cccnc3ccc2n1-c1ccc(OC(F)(F)F)cc1. The number of pyridine rings is 1. The topological polar surface area (TPSA) is 96.5 Å². The lowest BCUT2D eigenvalue weighted by atomic mass is 10.0. The molecule has 1 amide bonds. The fourth-order valence-corrected chi connectivity index (χ4v) is 6.07. The summed E-state index contributed by atoms with van der Waals surface area (Å²) in [7, 11) is 0. The fourth-order valence-electron chi connectivity index (χ4n) is 4.91. The first kappa shape index (κ1) is 26.5. The molecule has 1 unspecified atom stereocenters. The van der Waals surface area contributed by atoms with Gasteiger partial charge in [0.25, 0.3) is 5.91 Å². The number of hydrazone groups is 1. The van der Waals surface area contributed by atoms with Crippen molar-refractivity contribution in [3.8, 4) is 11.4 Å². The van der Waals surface area contributed by atoms with Crippen LogP contribution in [0.1, 0.15) is 27.9 Å². The Hall–Kier alpha value is -4.71. The molecule has 8 nitrogen and oxygen atoms in total. The van der Waals surface area contributed by atoms with Crippen molar-refractivity contribution in [1.29, 1.82) is 5.41 Å². The summed E-state index contributed by atoms with van der Waals surface area (Å²) >= 11 is 1.12. The van der Waals surface area contributed by atoms with Gasteiger partial charge in [-0.15, -0.1) is 13.2 Å². The van der Waals surface area contributed by atoms with E-state index in [1.807, 2.05) is 50.2 Å². The van der Waals surface area contributed by atoms with Gasteiger partial charge in [-0.2, -0.15) is 5.10 Å². The summed E-state index contributed by atoms with van der Waals surface area (Å²) in [4.78, 5) is 22.2. The molecule has 0 bridgehead atoms. The molecule has 1 aliphatic heterocycles. The first-order chi connectivity index (χ1) is 19.6. The smallest absolute Gasteiger partial charge is 0.406 e. The molecule has 12 heteroatoms. The Morgan fingerprint density at radius 1 is 1.02 bits per heavy atom. The van der Waals surface area contributed by atoms with Gasteiger partial charge in [-0.1, -0.05) is 30.0 Å². The number of carbonyl (C=O) groups is 1. The summed E-state index contributed by atoms with van der Waals surface area (Å²) in [5, 5.41) is 14.1. The molecule has 0 aliphatic carbocycles. The van der Waals surface area contributed by atoms with E-state index in [0.29, 0.717) is 22.5 Å². The number of nitrogens with zero attached hydrogens (tertiary/aromatic N) is 5. The number of aryl methyl sites for hydroxylation is 2. The standard InChI is InChI=1S/C29H21F3N6O2S/c1-16-5-3-6-17(2)24(16)28-38(27(39)26(33)41-28)35-15-23-36-25-20-7-4-14-34-21(20)12-13-22(25)37(23)18-8-10-19(11-9-18)40-29(30,31)32/h3-15,28,33H,1-2H3/b33-26?,35-15+. The molecule has 5 aromatic rings. The van der Waals surface area contributed by atoms with Crippen LogP contribution < -0.4 is 4.74 Å². The van der Waals surface area contributed by atoms with Gasteiger partial charge >= 0.3 is 6.36 Å². The Morgan fingerprint density at radius 3 is 2.46 bits per heavy atom. The molecule has 1 fully saturated rings. The van der Waals surface area contributed by atoms with E-state index in [2.05, 4.69) is 14.8 Å². The molecular formula is C29H21F3N6O2S. The first-order valence-corrected chi connectivity index (χ1v) is 13.3. The minimum Gasteiger partial charge on any atom is -0.406 e. The summed E-state index contributed by atoms with van der Waals surface area (Å²) in [6.45, 7) is 3.89. The molecule has 206 valence electrons. The lowest BCUT2D eigenvalue weighted by molar-refractivity contribution is -0.274. The van der Waals surface area contributed by atoms with Gasteiger partial charge in [-0.25, -0.2) is 9.99 Å². The molecule has 3 aromatic carbocycles. The number of ether oxygens (including phenoxy) is 1. The van der Waals surface area contributed by atoms with Crippen molar-refractivity contribution in [3.63, 3.8) is 0 Å². The zero-order chi connectivity index (χ0) is 28.9. The maximum atomic E-state index is 13.0. The number of thioether (sulfide) groups is 1. The van der Waals surface area contributed by atoms with E-state index in [1.54, 1.807) is 16.8 Å². The third-order valence-corrected chi connectivity index (χ3v) is 7.77. The maximum absolute atomic E-state index is 13.0. The third-order valence-electron chi connectivity index (χ3n) is 6.70. The Morgan fingerprint density at radius 2 is 1.76 bits per heavy atom. The number of imidazole rings is 1. The number of amides is 1. The van der Waals surface area contributed by atoms with Gasteiger partial charge in [0.15, 0.2) is 10.9 Å². The van der Waals surface area contributed by atoms with Crippen LogP contribution in [-0.4, -0.2) is 43.1 Å². The highest BCUT2D eigenvalue weighted by Gasteiger charge is 2.39. The van der Waals surface area contributed by atoms with Crippen molar-refractivity contribution >= 4 is 50.9 Å². The van der Waals surface area contributed by atoms with Crippen molar-refractivity contribution in [2.75, 3.05) is 0 Å². The van der Waals surface area contributed by atoms with Crippen molar-refractivity contribution in [1.82, 2.24) is 19.5 Å². The Kier molecular flexibility index (Phi) is 6.49. The molecule has 3 heterocycles. The van der Waals surface area contributed by atoms with Crippen molar-refractivity contribution in [2.45, 2.75) is 25.6 Å². The second-order valence-corrected chi connectivity index (χ2v) is 10.4. The molecular weight excluding hydrogens is 553 g/mol. The molecule has 1 N–H and O–H groups in total. The van der Waals surface area contributed by atoms with Gasteiger partial charge < -0.3 is 4.74 Å². The van der Waals surface area contributed by atoms with Crippen molar-refractivity contribution < 1.29 is 22.7 Å². The predicted molar refractivity (Wildman–Crippen MR) is 151 cm³/mol. The molecule has 1 saturated heterocycles. The van der Waals surface area contributed by atoms with Gasteiger partial charge in [-0.3, -0.25) is 19.8 Å². The van der Waals surface area contributed by atoms with E-state index in [4.69, 9.17) is 10.4 Å². The van der Waals surface area contributed by atoms with Gasteiger partial charge in [0.1, 0.15) is 11.1 Å². The molecule has 1 atom stereocenters. The summed E-state index contributed by atoms with van der Waals surface area (Å²) in [5.74, 6) is -0.563. The number of fused-ring (bicyclic) bond motifs is 3. The average Bonchev–Trinajstić information content (AvgIpc) is 3.44. The molecule has 6 rings (SSSR count). The summed E-state index contributed by atoms with van der Waals surface area (Å²) in [6.07, 6.45) is -1.71. The summed E-state index contributed by atoms with van der Waals surface area (Å²) < 4.78 is 44.0. The van der Waals surface area contributed by atoms with Crippen molar-refractivity contribution in [2.24, 2.45) is 5.10 Å². The number of hydrogen-bond donors (Lipinski definition) is 1. The van der Waals surface area contributed by atoms with E-state index in [9.17, 15) is 18.0 Å². The molecule has 41 heavy (non-hydrogen) atoms.